The number of ether oxygens (including phenoxy) is 1. The second-order valence-corrected chi connectivity index (χ2v) is 8.03. The summed E-state index contributed by atoms with van der Waals surface area (Å²) >= 11 is 1.36. The monoisotopic (exact) mass is 416 g/mol. The second kappa shape index (κ2) is 8.03. The maximum atomic E-state index is 12.3. The number of anilines is 1. The molecule has 1 fully saturated rings. The molecule has 1 unspecified atom stereocenters. The number of carbonyl (C=O) groups excluding carboxylic acids is 1. The fraction of sp³-hybridized carbons (Fsp3) is 0.526. The number of esters is 1. The maximum Gasteiger partial charge on any atom is 0.348 e. The summed E-state index contributed by atoms with van der Waals surface area (Å²) in [7, 11) is 0. The molecule has 10 heteroatoms. The van der Waals surface area contributed by atoms with E-state index in [-0.39, 0.29) is 12.0 Å². The molecule has 0 bridgehead atoms. The quantitative estimate of drug-likeness (QED) is 0.581. The lowest BCUT2D eigenvalue weighted by Gasteiger charge is -2.37. The third-order valence-electron chi connectivity index (χ3n) is 5.23. The van der Waals surface area contributed by atoms with E-state index in [1.165, 1.54) is 11.3 Å². The number of rotatable bonds is 5. The summed E-state index contributed by atoms with van der Waals surface area (Å²) < 4.78 is 10.5. The predicted molar refractivity (Wildman–Crippen MR) is 109 cm³/mol. The molecule has 29 heavy (non-hydrogen) atoms. The van der Waals surface area contributed by atoms with Gasteiger partial charge < -0.3 is 14.2 Å². The van der Waals surface area contributed by atoms with Crippen LogP contribution in [0, 0.1) is 13.8 Å². The molecular weight excluding hydrogens is 392 g/mol. The lowest BCUT2D eigenvalue weighted by molar-refractivity contribution is 0.0531. The van der Waals surface area contributed by atoms with E-state index in [0.29, 0.717) is 23.2 Å². The Kier molecular flexibility index (Phi) is 5.46. The summed E-state index contributed by atoms with van der Waals surface area (Å²) in [5, 5.41) is 4.83. The van der Waals surface area contributed by atoms with Gasteiger partial charge in [0.05, 0.1) is 18.0 Å². The molecule has 0 N–H and O–H groups in total. The van der Waals surface area contributed by atoms with E-state index in [0.717, 1.165) is 47.8 Å². The number of hydrogen-bond donors (Lipinski definition) is 0. The summed E-state index contributed by atoms with van der Waals surface area (Å²) in [5.41, 5.74) is 0.885. The lowest BCUT2D eigenvalue weighted by atomic mass is 10.1. The van der Waals surface area contributed by atoms with Gasteiger partial charge in [0.25, 0.3) is 0 Å². The smallest absolute Gasteiger partial charge is 0.348 e. The van der Waals surface area contributed by atoms with E-state index >= 15 is 0 Å². The van der Waals surface area contributed by atoms with Gasteiger partial charge >= 0.3 is 5.97 Å². The zero-order valence-corrected chi connectivity index (χ0v) is 17.8. The van der Waals surface area contributed by atoms with Crippen LogP contribution < -0.4 is 4.90 Å². The molecule has 1 saturated heterocycles. The highest BCUT2D eigenvalue weighted by Crippen LogP contribution is 2.36. The van der Waals surface area contributed by atoms with E-state index in [2.05, 4.69) is 36.8 Å². The number of nitrogens with zero attached hydrogens (tertiary/aromatic N) is 6. The highest BCUT2D eigenvalue weighted by Gasteiger charge is 2.28. The van der Waals surface area contributed by atoms with Crippen molar-refractivity contribution in [3.63, 3.8) is 0 Å². The van der Waals surface area contributed by atoms with Crippen molar-refractivity contribution >= 4 is 33.3 Å². The highest BCUT2D eigenvalue weighted by atomic mass is 32.1. The molecule has 0 spiro atoms. The van der Waals surface area contributed by atoms with Crippen molar-refractivity contribution in [2.75, 3.05) is 37.7 Å². The molecule has 3 aromatic heterocycles. The minimum Gasteiger partial charge on any atom is -0.462 e. The van der Waals surface area contributed by atoms with E-state index in [1.54, 1.807) is 6.33 Å². The van der Waals surface area contributed by atoms with Gasteiger partial charge in [-0.3, -0.25) is 4.90 Å². The third-order valence-corrected chi connectivity index (χ3v) is 6.41. The molecule has 0 aromatic carbocycles. The van der Waals surface area contributed by atoms with Crippen molar-refractivity contribution in [3.8, 4) is 0 Å². The molecule has 0 radical (unpaired) electrons. The van der Waals surface area contributed by atoms with Crippen LogP contribution in [0.5, 0.6) is 0 Å². The molecule has 154 valence electrons. The summed E-state index contributed by atoms with van der Waals surface area (Å²) in [5.74, 6) is 1.88. The summed E-state index contributed by atoms with van der Waals surface area (Å²) in [6.07, 6.45) is 1.57. The number of thiophene rings is 1. The van der Waals surface area contributed by atoms with Crippen LogP contribution in [0.1, 0.15) is 46.8 Å². The first kappa shape index (κ1) is 19.7. The van der Waals surface area contributed by atoms with Crippen LogP contribution in [-0.4, -0.2) is 63.8 Å². The van der Waals surface area contributed by atoms with Crippen LogP contribution in [0.15, 0.2) is 10.9 Å². The predicted octanol–water partition coefficient (Wildman–Crippen LogP) is 2.75. The summed E-state index contributed by atoms with van der Waals surface area (Å²) in [6, 6.07) is 0.0714. The van der Waals surface area contributed by atoms with Gasteiger partial charge in [-0.05, 0) is 33.3 Å². The first-order valence-corrected chi connectivity index (χ1v) is 10.5. The van der Waals surface area contributed by atoms with Crippen LogP contribution in [0.2, 0.25) is 0 Å². The minimum atomic E-state index is -0.299. The largest absolute Gasteiger partial charge is 0.462 e. The number of carbonyl (C=O) groups is 1. The molecule has 3 aromatic rings. The maximum absolute atomic E-state index is 12.3. The zero-order chi connectivity index (χ0) is 20.5. The molecule has 4 heterocycles. The molecule has 1 aliphatic heterocycles. The van der Waals surface area contributed by atoms with Crippen LogP contribution in [0.4, 0.5) is 5.82 Å². The Hall–Kier alpha value is -2.59. The van der Waals surface area contributed by atoms with E-state index in [1.807, 2.05) is 20.8 Å². The Labute approximate surface area is 172 Å². The second-order valence-electron chi connectivity index (χ2n) is 7.03. The third kappa shape index (κ3) is 3.69. The highest BCUT2D eigenvalue weighted by molar-refractivity contribution is 7.20. The van der Waals surface area contributed by atoms with Gasteiger partial charge in [-0.15, -0.1) is 11.3 Å². The fourth-order valence-electron chi connectivity index (χ4n) is 3.64. The summed E-state index contributed by atoms with van der Waals surface area (Å²) in [6.45, 7) is 11.3. The SMILES string of the molecule is CCOC(=O)c1sc2ncnc(N3CCN(C(C)c4nc(C)no4)CC3)c2c1C. The van der Waals surface area contributed by atoms with Gasteiger partial charge in [-0.25, -0.2) is 14.8 Å². The number of piperazine rings is 1. The van der Waals surface area contributed by atoms with Crippen molar-refractivity contribution in [1.82, 2.24) is 25.0 Å². The van der Waals surface area contributed by atoms with Crippen LogP contribution >= 0.6 is 11.3 Å². The van der Waals surface area contributed by atoms with Crippen molar-refractivity contribution in [3.05, 3.63) is 28.5 Å². The van der Waals surface area contributed by atoms with Gasteiger partial charge in [-0.2, -0.15) is 4.98 Å². The fourth-order valence-corrected chi connectivity index (χ4v) is 4.68. The van der Waals surface area contributed by atoms with Crippen molar-refractivity contribution < 1.29 is 14.1 Å². The van der Waals surface area contributed by atoms with Gasteiger partial charge in [0.15, 0.2) is 5.82 Å². The van der Waals surface area contributed by atoms with Gasteiger partial charge in [-0.1, -0.05) is 5.16 Å². The van der Waals surface area contributed by atoms with Crippen molar-refractivity contribution in [1.29, 1.82) is 0 Å². The minimum absolute atomic E-state index is 0.0714. The molecule has 0 amide bonds. The number of hydrogen-bond acceptors (Lipinski definition) is 10. The lowest BCUT2D eigenvalue weighted by Crippen LogP contribution is -2.47. The average Bonchev–Trinajstić information content (AvgIpc) is 3.31. The van der Waals surface area contributed by atoms with Crippen molar-refractivity contribution in [2.24, 2.45) is 0 Å². The Balaban J connectivity index is 1.54. The number of aromatic nitrogens is 4. The van der Waals surface area contributed by atoms with Crippen LogP contribution in [-0.2, 0) is 4.74 Å². The average molecular weight is 417 g/mol. The Morgan fingerprint density at radius 1 is 1.28 bits per heavy atom. The Morgan fingerprint density at radius 3 is 2.69 bits per heavy atom. The number of fused-ring (bicyclic) bond motifs is 1. The molecule has 9 nitrogen and oxygen atoms in total. The van der Waals surface area contributed by atoms with E-state index in [9.17, 15) is 4.79 Å². The molecule has 1 atom stereocenters. The van der Waals surface area contributed by atoms with Gasteiger partial charge in [0.1, 0.15) is 21.9 Å². The standard InChI is InChI=1S/C19H24N6O3S/c1-5-27-19(26)15-11(2)14-16(20-10-21-18(14)29-15)25-8-6-24(7-9-25)12(3)17-22-13(4)23-28-17/h10,12H,5-9H2,1-4H3. The van der Waals surface area contributed by atoms with Crippen molar-refractivity contribution in [2.45, 2.75) is 33.7 Å². The van der Waals surface area contributed by atoms with E-state index in [4.69, 9.17) is 9.26 Å². The number of aryl methyl sites for hydroxylation is 2. The van der Waals surface area contributed by atoms with Gasteiger partial charge in [0.2, 0.25) is 5.89 Å². The molecular formula is C19H24N6O3S. The van der Waals surface area contributed by atoms with E-state index < -0.39 is 0 Å². The molecule has 0 saturated carbocycles. The molecule has 1 aliphatic rings. The first-order valence-electron chi connectivity index (χ1n) is 9.70. The Bertz CT molecular complexity index is 1020. The summed E-state index contributed by atoms with van der Waals surface area (Å²) in [4.78, 5) is 31.6. The zero-order valence-electron chi connectivity index (χ0n) is 17.0. The first-order chi connectivity index (χ1) is 14.0. The topological polar surface area (TPSA) is 97.5 Å². The molecule has 4 rings (SSSR count). The molecule has 0 aliphatic carbocycles. The van der Waals surface area contributed by atoms with Crippen LogP contribution in [0.25, 0.3) is 10.2 Å². The Morgan fingerprint density at radius 2 is 2.03 bits per heavy atom. The van der Waals surface area contributed by atoms with Crippen LogP contribution in [0.3, 0.4) is 0 Å². The normalized spacial score (nSPS) is 16.3. The van der Waals surface area contributed by atoms with Gasteiger partial charge in [0, 0.05) is 26.2 Å².